The second-order valence-corrected chi connectivity index (χ2v) is 7.63. The van der Waals surface area contributed by atoms with Crippen LogP contribution in [0.5, 0.6) is 0 Å². The molecule has 10 heteroatoms. The third-order valence-electron chi connectivity index (χ3n) is 2.87. The molecular formula is C15H29NO8S. The van der Waals surface area contributed by atoms with Gasteiger partial charge in [0, 0.05) is 12.4 Å². The van der Waals surface area contributed by atoms with Crippen molar-refractivity contribution in [1.29, 1.82) is 0 Å². The van der Waals surface area contributed by atoms with Gasteiger partial charge < -0.3 is 19.5 Å². The largest absolute Gasteiger partial charge is 0.550 e. The average Bonchev–Trinajstić information content (AvgIpc) is 2.32. The first-order chi connectivity index (χ1) is 11.1. The predicted octanol–water partition coefficient (Wildman–Crippen LogP) is -0.383. The number of quaternary nitrogens is 1. The van der Waals surface area contributed by atoms with Gasteiger partial charge in [-0.1, -0.05) is 25.8 Å². The number of carbonyl (C=O) groups is 2. The fourth-order valence-corrected chi connectivity index (χ4v) is 2.10. The maximum Gasteiger partial charge on any atom is 0.394 e. The van der Waals surface area contributed by atoms with Gasteiger partial charge in [0.25, 0.3) is 0 Å². The lowest BCUT2D eigenvalue weighted by molar-refractivity contribution is -0.875. The number of hydrogen-bond donors (Lipinski definition) is 3. The number of nitrogens with zero attached hydrogens (tertiary/aromatic N) is 1. The van der Waals surface area contributed by atoms with Crippen LogP contribution in [0.4, 0.5) is 0 Å². The molecule has 0 fully saturated rings. The van der Waals surface area contributed by atoms with Gasteiger partial charge in [0.1, 0.15) is 6.54 Å². The van der Waals surface area contributed by atoms with E-state index in [4.69, 9.17) is 17.5 Å². The van der Waals surface area contributed by atoms with Crippen LogP contribution in [0.1, 0.15) is 39.0 Å². The van der Waals surface area contributed by atoms with E-state index in [2.05, 4.69) is 6.92 Å². The molecule has 0 rings (SSSR count). The zero-order valence-electron chi connectivity index (χ0n) is 15.1. The molecule has 0 aromatic rings. The Hall–Kier alpha value is -1.33. The summed E-state index contributed by atoms with van der Waals surface area (Å²) in [7, 11) is 0.704. The monoisotopic (exact) mass is 383 g/mol. The highest BCUT2D eigenvalue weighted by molar-refractivity contribution is 7.79. The van der Waals surface area contributed by atoms with Crippen molar-refractivity contribution in [3.05, 3.63) is 12.2 Å². The van der Waals surface area contributed by atoms with Crippen molar-refractivity contribution < 1.29 is 41.8 Å². The van der Waals surface area contributed by atoms with Crippen molar-refractivity contribution in [3.8, 4) is 0 Å². The Morgan fingerprint density at radius 1 is 1.16 bits per heavy atom. The normalized spacial score (nSPS) is 14.5. The Labute approximate surface area is 149 Å². The Balaban J connectivity index is 0. The molecule has 0 saturated heterocycles. The van der Waals surface area contributed by atoms with E-state index in [-0.39, 0.29) is 6.54 Å². The molecule has 0 amide bonds. The van der Waals surface area contributed by atoms with Gasteiger partial charge >= 0.3 is 10.4 Å². The Morgan fingerprint density at radius 2 is 1.64 bits per heavy atom. The molecule has 0 aromatic carbocycles. The van der Waals surface area contributed by atoms with Crippen molar-refractivity contribution in [3.63, 3.8) is 0 Å². The predicted molar refractivity (Wildman–Crippen MR) is 89.9 cm³/mol. The number of carboxylic acids is 1. The Morgan fingerprint density at radius 3 is 2.00 bits per heavy atom. The molecule has 148 valence electrons. The van der Waals surface area contributed by atoms with Crippen LogP contribution in [0.2, 0.25) is 0 Å². The molecule has 0 saturated carbocycles. The highest BCUT2D eigenvalue weighted by Gasteiger charge is 2.39. The van der Waals surface area contributed by atoms with Crippen molar-refractivity contribution in [2.45, 2.75) is 44.6 Å². The minimum absolute atomic E-state index is 0.0269. The summed E-state index contributed by atoms with van der Waals surface area (Å²) < 4.78 is 31.9. The van der Waals surface area contributed by atoms with E-state index >= 15 is 0 Å². The fourth-order valence-electron chi connectivity index (χ4n) is 2.10. The van der Waals surface area contributed by atoms with Gasteiger partial charge in [-0.3, -0.25) is 13.9 Å². The van der Waals surface area contributed by atoms with Gasteiger partial charge in [-0.05, 0) is 18.9 Å². The second kappa shape index (κ2) is 11.3. The zero-order chi connectivity index (χ0) is 20.3. The smallest absolute Gasteiger partial charge is 0.394 e. The van der Waals surface area contributed by atoms with Crippen LogP contribution in [0.3, 0.4) is 0 Å². The van der Waals surface area contributed by atoms with E-state index in [0.717, 1.165) is 25.7 Å². The molecule has 0 heterocycles. The van der Waals surface area contributed by atoms with E-state index in [1.54, 1.807) is 27.2 Å². The van der Waals surface area contributed by atoms with Crippen LogP contribution in [-0.2, 0) is 20.0 Å². The minimum atomic E-state index is -4.67. The summed E-state index contributed by atoms with van der Waals surface area (Å²) in [5.74, 6) is -1.99. The summed E-state index contributed by atoms with van der Waals surface area (Å²) >= 11 is 0. The number of allylic oxidation sites excluding steroid dienone is 1. The minimum Gasteiger partial charge on any atom is -0.550 e. The van der Waals surface area contributed by atoms with E-state index < -0.39 is 34.2 Å². The SMILES string of the molecule is CCCCCC=CC(=O)C(O)(CC(=O)[O-])C[N+](C)(C)C.O=S(=O)(O)O. The zero-order valence-corrected chi connectivity index (χ0v) is 16.0. The highest BCUT2D eigenvalue weighted by Crippen LogP contribution is 2.16. The molecule has 3 N–H and O–H groups in total. The summed E-state index contributed by atoms with van der Waals surface area (Å²) in [4.78, 5) is 22.8. The highest BCUT2D eigenvalue weighted by atomic mass is 32.3. The molecule has 1 atom stereocenters. The third kappa shape index (κ3) is 18.8. The standard InChI is InChI=1S/C15H27NO4.H2O4S/c1-5-6-7-8-9-10-13(17)15(20,11-14(18)19)12-16(2,3)4;1-5(2,3)4/h9-10,20H,5-8,11-12H2,1-4H3;(H2,1,2,3,4). The lowest BCUT2D eigenvalue weighted by Crippen LogP contribution is -2.55. The number of aliphatic hydroxyl groups is 1. The third-order valence-corrected chi connectivity index (χ3v) is 2.87. The fraction of sp³-hybridized carbons (Fsp3) is 0.733. The number of unbranched alkanes of at least 4 members (excludes halogenated alkanes) is 3. The molecule has 0 aromatic heterocycles. The number of carbonyl (C=O) groups excluding carboxylic acids is 2. The molecule has 0 aliphatic rings. The number of ketones is 1. The average molecular weight is 383 g/mol. The maximum absolute atomic E-state index is 12.1. The Kier molecular flexibility index (Phi) is 11.7. The topological polar surface area (TPSA) is 152 Å². The van der Waals surface area contributed by atoms with Crippen molar-refractivity contribution in [1.82, 2.24) is 0 Å². The molecule has 0 bridgehead atoms. The van der Waals surface area contributed by atoms with Crippen LogP contribution in [0.15, 0.2) is 12.2 Å². The summed E-state index contributed by atoms with van der Waals surface area (Å²) in [6.07, 6.45) is 6.24. The van der Waals surface area contributed by atoms with Gasteiger partial charge in [-0.15, -0.1) is 0 Å². The van der Waals surface area contributed by atoms with Crippen LogP contribution in [0.25, 0.3) is 0 Å². The molecule has 0 aliphatic heterocycles. The Bertz CT molecular complexity index is 542. The van der Waals surface area contributed by atoms with Gasteiger partial charge in [0.05, 0.1) is 21.1 Å². The van der Waals surface area contributed by atoms with Crippen LogP contribution in [0, 0.1) is 0 Å². The number of carboxylic acid groups (broad SMARTS) is 1. The first kappa shape index (κ1) is 25.9. The first-order valence-electron chi connectivity index (χ1n) is 7.74. The van der Waals surface area contributed by atoms with Crippen LogP contribution >= 0.6 is 0 Å². The van der Waals surface area contributed by atoms with Crippen LogP contribution in [-0.4, -0.2) is 72.2 Å². The van der Waals surface area contributed by atoms with Crippen molar-refractivity contribution in [2.24, 2.45) is 0 Å². The summed E-state index contributed by atoms with van der Waals surface area (Å²) in [5, 5.41) is 21.1. The van der Waals surface area contributed by atoms with Crippen LogP contribution < -0.4 is 5.11 Å². The van der Waals surface area contributed by atoms with Gasteiger partial charge in [-0.2, -0.15) is 8.42 Å². The lowest BCUT2D eigenvalue weighted by Gasteiger charge is -2.34. The molecule has 0 spiro atoms. The van der Waals surface area contributed by atoms with E-state index in [1.165, 1.54) is 6.08 Å². The van der Waals surface area contributed by atoms with Gasteiger partial charge in [-0.25, -0.2) is 0 Å². The molecule has 1 unspecified atom stereocenters. The maximum atomic E-state index is 12.1. The molecule has 0 radical (unpaired) electrons. The van der Waals surface area contributed by atoms with Gasteiger partial charge in [0.15, 0.2) is 11.4 Å². The molecule has 0 aliphatic carbocycles. The van der Waals surface area contributed by atoms with E-state index in [0.29, 0.717) is 4.48 Å². The number of rotatable bonds is 10. The number of hydrogen-bond acceptors (Lipinski definition) is 6. The molecular weight excluding hydrogens is 354 g/mol. The van der Waals surface area contributed by atoms with Gasteiger partial charge in [0.2, 0.25) is 0 Å². The number of likely N-dealkylation sites (N-methyl/N-ethyl adjacent to an activating group) is 1. The summed E-state index contributed by atoms with van der Waals surface area (Å²) in [6.45, 7) is 2.12. The summed E-state index contributed by atoms with van der Waals surface area (Å²) in [5.41, 5.74) is -1.90. The van der Waals surface area contributed by atoms with E-state index in [1.807, 2.05) is 0 Å². The first-order valence-corrected chi connectivity index (χ1v) is 9.14. The quantitative estimate of drug-likeness (QED) is 0.200. The summed E-state index contributed by atoms with van der Waals surface area (Å²) in [6, 6.07) is 0. The number of aliphatic carboxylic acids is 1. The molecule has 9 nitrogen and oxygen atoms in total. The second-order valence-electron chi connectivity index (χ2n) is 6.74. The van der Waals surface area contributed by atoms with Crippen molar-refractivity contribution in [2.75, 3.05) is 27.7 Å². The lowest BCUT2D eigenvalue weighted by atomic mass is 9.92. The van der Waals surface area contributed by atoms with Crippen molar-refractivity contribution >= 4 is 22.2 Å². The molecule has 25 heavy (non-hydrogen) atoms. The van der Waals surface area contributed by atoms with E-state index in [9.17, 15) is 19.8 Å².